The molecule has 0 spiro atoms. The van der Waals surface area contributed by atoms with Crippen LogP contribution in [0.25, 0.3) is 0 Å². The standard InChI is InChI=1S/C19H31N3O3S/c1-7-8-11-21-18(20)22-26(23,24)17-13(3)12(2)16-15(14(17)4)9-10-19(5,6)25-16/h7-11H2,1-6H3,(H3,20,21,22). The molecule has 0 radical (unpaired) electrons. The van der Waals surface area contributed by atoms with E-state index in [0.29, 0.717) is 12.1 Å². The van der Waals surface area contributed by atoms with E-state index in [1.165, 1.54) is 0 Å². The highest BCUT2D eigenvalue weighted by atomic mass is 32.2. The topological polar surface area (TPSA) is 93.8 Å². The predicted octanol–water partition coefficient (Wildman–Crippen LogP) is 3.11. The number of hydrogen-bond donors (Lipinski definition) is 2. The number of nitrogens with zero attached hydrogens (tertiary/aromatic N) is 1. The van der Waals surface area contributed by atoms with Gasteiger partial charge in [0.15, 0.2) is 0 Å². The van der Waals surface area contributed by atoms with Gasteiger partial charge in [0.25, 0.3) is 10.0 Å². The van der Waals surface area contributed by atoms with Crippen molar-refractivity contribution in [2.24, 2.45) is 10.7 Å². The molecule has 1 aliphatic heterocycles. The van der Waals surface area contributed by atoms with Crippen LogP contribution in [0.5, 0.6) is 5.75 Å². The second-order valence-corrected chi connectivity index (χ2v) is 9.22. The molecule has 0 fully saturated rings. The molecule has 6 nitrogen and oxygen atoms in total. The molecule has 0 aliphatic carbocycles. The molecule has 0 saturated carbocycles. The molecule has 1 heterocycles. The van der Waals surface area contributed by atoms with E-state index < -0.39 is 10.0 Å². The highest BCUT2D eigenvalue weighted by molar-refractivity contribution is 7.90. The minimum absolute atomic E-state index is 0.0648. The second kappa shape index (κ2) is 7.47. The van der Waals surface area contributed by atoms with Crippen molar-refractivity contribution in [3.8, 4) is 5.75 Å². The molecule has 0 bridgehead atoms. The van der Waals surface area contributed by atoms with Gasteiger partial charge in [0, 0.05) is 6.54 Å². The first-order chi connectivity index (χ1) is 12.0. The maximum absolute atomic E-state index is 13.0. The summed E-state index contributed by atoms with van der Waals surface area (Å²) in [6.07, 6.45) is 3.47. The average Bonchev–Trinajstić information content (AvgIpc) is 2.51. The Hall–Kier alpha value is -1.76. The number of rotatable bonds is 5. The van der Waals surface area contributed by atoms with Gasteiger partial charge in [0.2, 0.25) is 5.96 Å². The van der Waals surface area contributed by atoms with Gasteiger partial charge in [-0.05, 0) is 76.1 Å². The number of fused-ring (bicyclic) bond motifs is 1. The monoisotopic (exact) mass is 381 g/mol. The molecule has 26 heavy (non-hydrogen) atoms. The zero-order valence-electron chi connectivity index (χ0n) is 16.7. The summed E-state index contributed by atoms with van der Waals surface area (Å²) in [6.45, 7) is 12.2. The Balaban J connectivity index is 2.47. The minimum atomic E-state index is -3.80. The first-order valence-electron chi connectivity index (χ1n) is 9.14. The van der Waals surface area contributed by atoms with Crippen molar-refractivity contribution in [3.63, 3.8) is 0 Å². The lowest BCUT2D eigenvalue weighted by molar-refractivity contribution is 0.0832. The van der Waals surface area contributed by atoms with Crippen LogP contribution in [0.3, 0.4) is 0 Å². The molecule has 0 saturated heterocycles. The summed E-state index contributed by atoms with van der Waals surface area (Å²) < 4.78 is 34.5. The Kier molecular flexibility index (Phi) is 5.90. The van der Waals surface area contributed by atoms with E-state index in [1.807, 2.05) is 27.7 Å². The van der Waals surface area contributed by atoms with Crippen molar-refractivity contribution in [1.29, 1.82) is 0 Å². The van der Waals surface area contributed by atoms with Crippen LogP contribution in [0, 0.1) is 20.8 Å². The van der Waals surface area contributed by atoms with Crippen LogP contribution < -0.4 is 15.2 Å². The number of aliphatic imine (C=N–C) groups is 1. The van der Waals surface area contributed by atoms with Gasteiger partial charge >= 0.3 is 0 Å². The maximum atomic E-state index is 13.0. The quantitative estimate of drug-likeness (QED) is 0.465. The van der Waals surface area contributed by atoms with E-state index in [2.05, 4.69) is 23.6 Å². The molecule has 7 heteroatoms. The average molecular weight is 382 g/mol. The smallest absolute Gasteiger partial charge is 0.264 e. The number of hydrogen-bond acceptors (Lipinski definition) is 4. The number of ether oxygens (including phenoxy) is 1. The largest absolute Gasteiger partial charge is 0.487 e. The van der Waals surface area contributed by atoms with E-state index in [0.717, 1.165) is 48.1 Å². The first kappa shape index (κ1) is 20.6. The minimum Gasteiger partial charge on any atom is -0.487 e. The van der Waals surface area contributed by atoms with Crippen molar-refractivity contribution < 1.29 is 13.2 Å². The Morgan fingerprint density at radius 3 is 2.50 bits per heavy atom. The number of unbranched alkanes of at least 4 members (excludes halogenated alkanes) is 1. The van der Waals surface area contributed by atoms with E-state index >= 15 is 0 Å². The number of nitrogens with two attached hydrogens (primary N) is 1. The number of nitrogens with one attached hydrogen (secondary N) is 1. The zero-order valence-corrected chi connectivity index (χ0v) is 17.5. The van der Waals surface area contributed by atoms with Crippen LogP contribution in [0.2, 0.25) is 0 Å². The van der Waals surface area contributed by atoms with Gasteiger partial charge in [0.05, 0.1) is 4.90 Å². The van der Waals surface area contributed by atoms with Gasteiger partial charge in [0.1, 0.15) is 11.4 Å². The number of guanidine groups is 1. The normalized spacial score (nSPS) is 16.8. The maximum Gasteiger partial charge on any atom is 0.264 e. The van der Waals surface area contributed by atoms with Gasteiger partial charge < -0.3 is 10.5 Å². The van der Waals surface area contributed by atoms with Crippen LogP contribution in [-0.2, 0) is 16.4 Å². The Morgan fingerprint density at radius 1 is 1.23 bits per heavy atom. The molecular formula is C19H31N3O3S. The summed E-state index contributed by atoms with van der Waals surface area (Å²) in [6, 6.07) is 0. The van der Waals surface area contributed by atoms with Crippen LogP contribution >= 0.6 is 0 Å². The summed E-state index contributed by atoms with van der Waals surface area (Å²) in [7, 11) is -3.80. The highest BCUT2D eigenvalue weighted by Crippen LogP contribution is 2.42. The van der Waals surface area contributed by atoms with Gasteiger partial charge in [-0.1, -0.05) is 13.3 Å². The van der Waals surface area contributed by atoms with E-state index in [9.17, 15) is 8.42 Å². The van der Waals surface area contributed by atoms with Crippen LogP contribution in [-0.4, -0.2) is 26.5 Å². The molecule has 0 atom stereocenters. The van der Waals surface area contributed by atoms with Crippen LogP contribution in [0.1, 0.15) is 62.3 Å². The third kappa shape index (κ3) is 4.14. The molecular weight excluding hydrogens is 350 g/mol. The second-order valence-electron chi connectivity index (χ2n) is 7.60. The third-order valence-electron chi connectivity index (χ3n) is 4.97. The van der Waals surface area contributed by atoms with Crippen LogP contribution in [0.4, 0.5) is 0 Å². The molecule has 1 aliphatic rings. The summed E-state index contributed by atoms with van der Waals surface area (Å²) in [5, 5.41) is 0. The highest BCUT2D eigenvalue weighted by Gasteiger charge is 2.33. The van der Waals surface area contributed by atoms with Gasteiger partial charge in [-0.15, -0.1) is 0 Å². The zero-order chi connectivity index (χ0) is 19.7. The molecule has 3 N–H and O–H groups in total. The Bertz CT molecular complexity index is 827. The lowest BCUT2D eigenvalue weighted by Gasteiger charge is -2.35. The Labute approximate surface area is 157 Å². The fraction of sp³-hybridized carbons (Fsp3) is 0.632. The summed E-state index contributed by atoms with van der Waals surface area (Å²) in [5.41, 5.74) is 8.79. The summed E-state index contributed by atoms with van der Waals surface area (Å²) in [5.74, 6) is 0.754. The molecule has 2 rings (SSSR count). The SMILES string of the molecule is CCCCN=C(N)NS(=O)(=O)c1c(C)c(C)c2c(c1C)CCC(C)(C)O2. The summed E-state index contributed by atoms with van der Waals surface area (Å²) >= 11 is 0. The summed E-state index contributed by atoms with van der Waals surface area (Å²) in [4.78, 5) is 4.38. The fourth-order valence-electron chi connectivity index (χ4n) is 3.33. The number of sulfonamides is 1. The van der Waals surface area contributed by atoms with Crippen molar-refractivity contribution in [2.75, 3.05) is 6.54 Å². The van der Waals surface area contributed by atoms with Crippen molar-refractivity contribution in [1.82, 2.24) is 4.72 Å². The lowest BCUT2D eigenvalue weighted by atomic mass is 9.88. The molecule has 1 aromatic rings. The molecule has 1 aromatic carbocycles. The van der Waals surface area contributed by atoms with E-state index in [-0.39, 0.29) is 16.5 Å². The number of benzene rings is 1. The molecule has 0 aromatic heterocycles. The lowest BCUT2D eigenvalue weighted by Crippen LogP contribution is -2.38. The fourth-order valence-corrected chi connectivity index (χ4v) is 4.85. The van der Waals surface area contributed by atoms with E-state index in [1.54, 1.807) is 0 Å². The Morgan fingerprint density at radius 2 is 1.88 bits per heavy atom. The van der Waals surface area contributed by atoms with Gasteiger partial charge in [-0.3, -0.25) is 4.99 Å². The first-order valence-corrected chi connectivity index (χ1v) is 10.6. The molecule has 146 valence electrons. The third-order valence-corrected chi connectivity index (χ3v) is 6.60. The van der Waals surface area contributed by atoms with Crippen molar-refractivity contribution >= 4 is 16.0 Å². The van der Waals surface area contributed by atoms with Gasteiger partial charge in [-0.25, -0.2) is 13.1 Å². The van der Waals surface area contributed by atoms with E-state index in [4.69, 9.17) is 10.5 Å². The van der Waals surface area contributed by atoms with Gasteiger partial charge in [-0.2, -0.15) is 0 Å². The predicted molar refractivity (Wildman–Crippen MR) is 105 cm³/mol. The van der Waals surface area contributed by atoms with Crippen molar-refractivity contribution in [3.05, 3.63) is 22.3 Å². The van der Waals surface area contributed by atoms with Crippen LogP contribution in [0.15, 0.2) is 9.89 Å². The van der Waals surface area contributed by atoms with Crippen molar-refractivity contribution in [2.45, 2.75) is 77.7 Å². The molecule has 0 amide bonds. The molecule has 0 unspecified atom stereocenters.